The molecule has 23 heavy (non-hydrogen) atoms. The first kappa shape index (κ1) is 17.5. The van der Waals surface area contributed by atoms with Crippen LogP contribution >= 0.6 is 12.4 Å². The highest BCUT2D eigenvalue weighted by molar-refractivity contribution is 5.95. The smallest absolute Gasteiger partial charge is 0.243 e. The van der Waals surface area contributed by atoms with E-state index in [1.165, 1.54) is 0 Å². The van der Waals surface area contributed by atoms with Gasteiger partial charge in [0.05, 0.1) is 24.6 Å². The molecule has 1 aliphatic heterocycles. The molecule has 1 aromatic carbocycles. The minimum absolute atomic E-state index is 0. The largest absolute Gasteiger partial charge is 0.378 e. The molecule has 2 N–H and O–H groups in total. The molecule has 7 heteroatoms. The van der Waals surface area contributed by atoms with Crippen molar-refractivity contribution in [1.29, 1.82) is 0 Å². The molecule has 2 aromatic rings. The van der Waals surface area contributed by atoms with E-state index in [0.29, 0.717) is 19.8 Å². The van der Waals surface area contributed by atoms with Gasteiger partial charge in [0, 0.05) is 17.9 Å². The Labute approximate surface area is 141 Å². The molecule has 1 aliphatic rings. The summed E-state index contributed by atoms with van der Waals surface area (Å²) in [5.41, 5.74) is 3.71. The maximum absolute atomic E-state index is 12.2. The number of ether oxygens (including phenoxy) is 1. The van der Waals surface area contributed by atoms with E-state index in [2.05, 4.69) is 15.7 Å². The molecular weight excluding hydrogens is 316 g/mol. The summed E-state index contributed by atoms with van der Waals surface area (Å²) in [7, 11) is 0. The molecule has 6 nitrogen and oxygen atoms in total. The first-order chi connectivity index (χ1) is 10.6. The molecule has 2 heterocycles. The second-order valence-corrected chi connectivity index (χ2v) is 5.46. The Morgan fingerprint density at radius 3 is 2.87 bits per heavy atom. The van der Waals surface area contributed by atoms with Gasteiger partial charge < -0.3 is 15.4 Å². The lowest BCUT2D eigenvalue weighted by Crippen LogP contribution is -2.48. The maximum Gasteiger partial charge on any atom is 0.243 e. The number of halogens is 1. The van der Waals surface area contributed by atoms with Crippen molar-refractivity contribution in [3.05, 3.63) is 41.7 Å². The highest BCUT2D eigenvalue weighted by Gasteiger charge is 2.21. The van der Waals surface area contributed by atoms with E-state index in [4.69, 9.17) is 4.74 Å². The highest BCUT2D eigenvalue weighted by Crippen LogP contribution is 2.17. The summed E-state index contributed by atoms with van der Waals surface area (Å²) in [5, 5.41) is 10.5. The quantitative estimate of drug-likeness (QED) is 0.897. The van der Waals surface area contributed by atoms with Crippen LogP contribution in [-0.4, -0.2) is 41.5 Å². The molecule has 3 rings (SSSR count). The van der Waals surface area contributed by atoms with Crippen LogP contribution in [0.2, 0.25) is 0 Å². The Balaban J connectivity index is 0.00000192. The number of carbonyl (C=O) groups is 1. The lowest BCUT2D eigenvalue weighted by atomic mass is 10.2. The molecule has 0 aliphatic carbocycles. The fourth-order valence-corrected chi connectivity index (χ4v) is 2.57. The van der Waals surface area contributed by atoms with Crippen LogP contribution < -0.4 is 10.6 Å². The van der Waals surface area contributed by atoms with Gasteiger partial charge in [0.1, 0.15) is 6.04 Å². The van der Waals surface area contributed by atoms with E-state index in [-0.39, 0.29) is 24.4 Å². The van der Waals surface area contributed by atoms with Gasteiger partial charge in [0.15, 0.2) is 0 Å². The van der Waals surface area contributed by atoms with Gasteiger partial charge in [-0.3, -0.25) is 4.79 Å². The summed E-state index contributed by atoms with van der Waals surface area (Å²) in [6, 6.07) is 9.39. The fourth-order valence-electron chi connectivity index (χ4n) is 2.57. The third kappa shape index (κ3) is 4.10. The SMILES string of the molecule is Cc1cc(C)n(-c2cccc(NC(=O)C3COCCN3)c2)n1.Cl. The predicted octanol–water partition coefficient (Wildman–Crippen LogP) is 1.84. The molecule has 1 saturated heterocycles. The van der Waals surface area contributed by atoms with Crippen LogP contribution in [0.4, 0.5) is 5.69 Å². The van der Waals surface area contributed by atoms with Crippen LogP contribution in [0.1, 0.15) is 11.4 Å². The minimum Gasteiger partial charge on any atom is -0.378 e. The van der Waals surface area contributed by atoms with E-state index in [9.17, 15) is 4.79 Å². The van der Waals surface area contributed by atoms with Crippen LogP contribution in [0.25, 0.3) is 5.69 Å². The lowest BCUT2D eigenvalue weighted by Gasteiger charge is -2.23. The summed E-state index contributed by atoms with van der Waals surface area (Å²) in [6.45, 7) is 5.72. The zero-order valence-corrected chi connectivity index (χ0v) is 14.0. The van der Waals surface area contributed by atoms with Crippen molar-refractivity contribution in [1.82, 2.24) is 15.1 Å². The van der Waals surface area contributed by atoms with Crippen LogP contribution in [-0.2, 0) is 9.53 Å². The molecule has 0 radical (unpaired) electrons. The van der Waals surface area contributed by atoms with Crippen molar-refractivity contribution in [2.24, 2.45) is 0 Å². The number of nitrogens with zero attached hydrogens (tertiary/aromatic N) is 2. The van der Waals surface area contributed by atoms with Crippen molar-refractivity contribution >= 4 is 24.0 Å². The van der Waals surface area contributed by atoms with Crippen molar-refractivity contribution in [3.8, 4) is 5.69 Å². The van der Waals surface area contributed by atoms with E-state index in [0.717, 1.165) is 22.8 Å². The lowest BCUT2D eigenvalue weighted by molar-refractivity contribution is -0.120. The van der Waals surface area contributed by atoms with Crippen molar-refractivity contribution < 1.29 is 9.53 Å². The number of benzene rings is 1. The standard InChI is InChI=1S/C16H20N4O2.ClH/c1-11-8-12(2)20(19-11)14-5-3-4-13(9-14)18-16(21)15-10-22-7-6-17-15;/h3-5,8-9,15,17H,6-7,10H2,1-2H3,(H,18,21);1H. The number of amides is 1. The van der Waals surface area contributed by atoms with Crippen molar-refractivity contribution in [3.63, 3.8) is 0 Å². The van der Waals surface area contributed by atoms with Crippen LogP contribution in [0.3, 0.4) is 0 Å². The van der Waals surface area contributed by atoms with Gasteiger partial charge in [-0.1, -0.05) is 6.07 Å². The Morgan fingerprint density at radius 1 is 1.39 bits per heavy atom. The predicted molar refractivity (Wildman–Crippen MR) is 91.5 cm³/mol. The van der Waals surface area contributed by atoms with E-state index in [1.807, 2.05) is 48.9 Å². The van der Waals surface area contributed by atoms with Gasteiger partial charge in [-0.15, -0.1) is 12.4 Å². The number of rotatable bonds is 3. The van der Waals surface area contributed by atoms with Gasteiger partial charge in [0.25, 0.3) is 0 Å². The minimum atomic E-state index is -0.300. The van der Waals surface area contributed by atoms with E-state index in [1.54, 1.807) is 0 Å². The van der Waals surface area contributed by atoms with Crippen LogP contribution in [0, 0.1) is 13.8 Å². The summed E-state index contributed by atoms with van der Waals surface area (Å²) in [6.07, 6.45) is 0. The molecule has 124 valence electrons. The van der Waals surface area contributed by atoms with E-state index < -0.39 is 0 Å². The topological polar surface area (TPSA) is 68.2 Å². The number of hydrogen-bond donors (Lipinski definition) is 2. The maximum atomic E-state index is 12.2. The van der Waals surface area contributed by atoms with Crippen LogP contribution in [0.5, 0.6) is 0 Å². The second kappa shape index (κ2) is 7.59. The average molecular weight is 337 g/mol. The highest BCUT2D eigenvalue weighted by atomic mass is 35.5. The summed E-state index contributed by atoms with van der Waals surface area (Å²) in [4.78, 5) is 12.2. The third-order valence-corrected chi connectivity index (χ3v) is 3.61. The molecule has 0 saturated carbocycles. The molecule has 1 unspecified atom stereocenters. The molecule has 1 amide bonds. The molecule has 0 spiro atoms. The van der Waals surface area contributed by atoms with Gasteiger partial charge in [-0.2, -0.15) is 5.10 Å². The Kier molecular flexibility index (Phi) is 5.76. The van der Waals surface area contributed by atoms with Gasteiger partial charge >= 0.3 is 0 Å². The number of anilines is 1. The Bertz CT molecular complexity index is 680. The average Bonchev–Trinajstić information content (AvgIpc) is 2.87. The van der Waals surface area contributed by atoms with Gasteiger partial charge in [0.2, 0.25) is 5.91 Å². The summed E-state index contributed by atoms with van der Waals surface area (Å²) in [5.74, 6) is -0.0785. The number of morpholine rings is 1. The van der Waals surface area contributed by atoms with Crippen LogP contribution in [0.15, 0.2) is 30.3 Å². The fraction of sp³-hybridized carbons (Fsp3) is 0.375. The number of aromatic nitrogens is 2. The number of carbonyl (C=O) groups excluding carboxylic acids is 1. The zero-order valence-electron chi connectivity index (χ0n) is 13.2. The van der Waals surface area contributed by atoms with E-state index >= 15 is 0 Å². The molecule has 0 bridgehead atoms. The Hall–Kier alpha value is -1.89. The number of hydrogen-bond acceptors (Lipinski definition) is 4. The van der Waals surface area contributed by atoms with Crippen molar-refractivity contribution in [2.45, 2.75) is 19.9 Å². The summed E-state index contributed by atoms with van der Waals surface area (Å²) >= 11 is 0. The zero-order chi connectivity index (χ0) is 15.5. The van der Waals surface area contributed by atoms with Crippen molar-refractivity contribution in [2.75, 3.05) is 25.1 Å². The second-order valence-electron chi connectivity index (χ2n) is 5.46. The van der Waals surface area contributed by atoms with Gasteiger partial charge in [-0.25, -0.2) is 4.68 Å². The number of aryl methyl sites for hydroxylation is 2. The first-order valence-corrected chi connectivity index (χ1v) is 7.39. The van der Waals surface area contributed by atoms with Gasteiger partial charge in [-0.05, 0) is 38.1 Å². The Morgan fingerprint density at radius 2 is 2.22 bits per heavy atom. The number of nitrogens with one attached hydrogen (secondary N) is 2. The normalized spacial score (nSPS) is 17.4. The molecule has 1 fully saturated rings. The monoisotopic (exact) mass is 336 g/mol. The summed E-state index contributed by atoms with van der Waals surface area (Å²) < 4.78 is 7.18. The molecule has 1 atom stereocenters. The molecular formula is C16H21ClN4O2. The molecule has 1 aromatic heterocycles. The third-order valence-electron chi connectivity index (χ3n) is 3.61. The first-order valence-electron chi connectivity index (χ1n) is 7.39.